The summed E-state index contributed by atoms with van der Waals surface area (Å²) in [7, 11) is 0. The molecule has 0 radical (unpaired) electrons. The summed E-state index contributed by atoms with van der Waals surface area (Å²) < 4.78 is 0. The molecular weight excluding hydrogens is 260 g/mol. The van der Waals surface area contributed by atoms with E-state index < -0.39 is 0 Å². The Morgan fingerprint density at radius 2 is 1.52 bits per heavy atom. The number of carbonyl (C=O) groups excluding carboxylic acids is 1. The van der Waals surface area contributed by atoms with Gasteiger partial charge in [0.25, 0.3) is 0 Å². The van der Waals surface area contributed by atoms with Crippen LogP contribution < -0.4 is 5.32 Å². The summed E-state index contributed by atoms with van der Waals surface area (Å²) in [5, 5.41) is 2.96. The molecule has 0 aromatic carbocycles. The smallest absolute Gasteiger partial charge is 0.220 e. The lowest BCUT2D eigenvalue weighted by molar-refractivity contribution is -0.121. The minimum atomic E-state index is 0.162. The molecule has 3 heteroatoms. The minimum absolute atomic E-state index is 0.162. The Balaban J connectivity index is 1.89. The van der Waals surface area contributed by atoms with E-state index in [2.05, 4.69) is 17.2 Å². The highest BCUT2D eigenvalue weighted by molar-refractivity contribution is 5.75. The summed E-state index contributed by atoms with van der Waals surface area (Å²) in [6.07, 6.45) is 15.7. The average Bonchev–Trinajstić information content (AvgIpc) is 2.52. The SMILES string of the molecule is CCCCCCCCCCCC(=O)NCc1ccncc1. The molecular formula is C18H30N2O. The largest absolute Gasteiger partial charge is 0.352 e. The highest BCUT2D eigenvalue weighted by Crippen LogP contribution is 2.10. The lowest BCUT2D eigenvalue weighted by atomic mass is 10.1. The lowest BCUT2D eigenvalue weighted by Gasteiger charge is -2.05. The summed E-state index contributed by atoms with van der Waals surface area (Å²) in [6.45, 7) is 2.86. The summed E-state index contributed by atoms with van der Waals surface area (Å²) in [5.74, 6) is 0.162. The molecule has 1 amide bonds. The van der Waals surface area contributed by atoms with E-state index in [-0.39, 0.29) is 5.91 Å². The fourth-order valence-corrected chi connectivity index (χ4v) is 2.39. The van der Waals surface area contributed by atoms with Crippen molar-refractivity contribution in [3.05, 3.63) is 30.1 Å². The zero-order valence-corrected chi connectivity index (χ0v) is 13.4. The minimum Gasteiger partial charge on any atom is -0.352 e. The van der Waals surface area contributed by atoms with E-state index in [0.717, 1.165) is 12.0 Å². The number of pyridine rings is 1. The van der Waals surface area contributed by atoms with Gasteiger partial charge in [0.2, 0.25) is 5.91 Å². The standard InChI is InChI=1S/C18H30N2O/c1-2-3-4-5-6-7-8-9-10-11-18(21)20-16-17-12-14-19-15-13-17/h12-15H,2-11,16H2,1H3,(H,20,21). The van der Waals surface area contributed by atoms with E-state index in [1.54, 1.807) is 12.4 Å². The summed E-state index contributed by atoms with van der Waals surface area (Å²) in [6, 6.07) is 3.86. The molecule has 0 fully saturated rings. The van der Waals surface area contributed by atoms with Crippen molar-refractivity contribution < 1.29 is 4.79 Å². The maximum Gasteiger partial charge on any atom is 0.220 e. The first-order valence-corrected chi connectivity index (χ1v) is 8.48. The molecule has 0 saturated heterocycles. The van der Waals surface area contributed by atoms with Crippen LogP contribution >= 0.6 is 0 Å². The highest BCUT2D eigenvalue weighted by atomic mass is 16.1. The lowest BCUT2D eigenvalue weighted by Crippen LogP contribution is -2.22. The molecule has 0 aliphatic rings. The van der Waals surface area contributed by atoms with Crippen LogP contribution in [-0.2, 0) is 11.3 Å². The van der Waals surface area contributed by atoms with E-state index in [9.17, 15) is 4.79 Å². The molecule has 0 unspecified atom stereocenters. The van der Waals surface area contributed by atoms with Gasteiger partial charge in [0.1, 0.15) is 0 Å². The third kappa shape index (κ3) is 10.1. The quantitative estimate of drug-likeness (QED) is 0.571. The van der Waals surface area contributed by atoms with Crippen molar-refractivity contribution >= 4 is 5.91 Å². The number of amides is 1. The van der Waals surface area contributed by atoms with Crippen molar-refractivity contribution in [1.82, 2.24) is 10.3 Å². The number of nitrogens with one attached hydrogen (secondary N) is 1. The molecule has 0 atom stereocenters. The van der Waals surface area contributed by atoms with Gasteiger partial charge in [0.15, 0.2) is 0 Å². The zero-order valence-electron chi connectivity index (χ0n) is 13.4. The van der Waals surface area contributed by atoms with Crippen LogP contribution in [0.4, 0.5) is 0 Å². The van der Waals surface area contributed by atoms with Crippen molar-refractivity contribution in [3.63, 3.8) is 0 Å². The Bertz CT molecular complexity index is 365. The van der Waals surface area contributed by atoms with Gasteiger partial charge in [-0.05, 0) is 24.1 Å². The first-order valence-electron chi connectivity index (χ1n) is 8.48. The highest BCUT2D eigenvalue weighted by Gasteiger charge is 2.01. The number of aromatic nitrogens is 1. The maximum absolute atomic E-state index is 11.7. The predicted molar refractivity (Wildman–Crippen MR) is 87.9 cm³/mol. The van der Waals surface area contributed by atoms with Gasteiger partial charge in [-0.2, -0.15) is 0 Å². The molecule has 0 aliphatic heterocycles. The molecule has 21 heavy (non-hydrogen) atoms. The van der Waals surface area contributed by atoms with Gasteiger partial charge in [0, 0.05) is 25.4 Å². The Morgan fingerprint density at radius 1 is 0.952 bits per heavy atom. The first-order chi connectivity index (χ1) is 10.3. The van der Waals surface area contributed by atoms with E-state index in [1.165, 1.54) is 51.4 Å². The molecule has 1 aromatic heterocycles. The normalized spacial score (nSPS) is 10.5. The third-order valence-corrected chi connectivity index (χ3v) is 3.75. The van der Waals surface area contributed by atoms with Crippen LogP contribution in [0.25, 0.3) is 0 Å². The Morgan fingerprint density at radius 3 is 2.14 bits per heavy atom. The van der Waals surface area contributed by atoms with Gasteiger partial charge < -0.3 is 5.32 Å². The summed E-state index contributed by atoms with van der Waals surface area (Å²) in [5.41, 5.74) is 1.10. The number of nitrogens with zero attached hydrogens (tertiary/aromatic N) is 1. The molecule has 1 N–H and O–H groups in total. The molecule has 0 spiro atoms. The van der Waals surface area contributed by atoms with Gasteiger partial charge in [-0.3, -0.25) is 9.78 Å². The predicted octanol–water partition coefficient (Wildman–Crippen LogP) is 4.62. The molecule has 1 rings (SSSR count). The Hall–Kier alpha value is -1.38. The molecule has 0 saturated carbocycles. The number of hydrogen-bond donors (Lipinski definition) is 1. The van der Waals surface area contributed by atoms with E-state index >= 15 is 0 Å². The number of unbranched alkanes of at least 4 members (excludes halogenated alkanes) is 8. The number of rotatable bonds is 12. The Kier molecular flexibility index (Phi) is 10.4. The summed E-state index contributed by atoms with van der Waals surface area (Å²) >= 11 is 0. The molecule has 0 aliphatic carbocycles. The van der Waals surface area contributed by atoms with Crippen molar-refractivity contribution in [3.8, 4) is 0 Å². The van der Waals surface area contributed by atoms with Crippen LogP contribution in [0.2, 0.25) is 0 Å². The van der Waals surface area contributed by atoms with Crippen molar-refractivity contribution in [2.24, 2.45) is 0 Å². The summed E-state index contributed by atoms with van der Waals surface area (Å²) in [4.78, 5) is 15.7. The second-order valence-electron chi connectivity index (χ2n) is 5.71. The molecule has 118 valence electrons. The van der Waals surface area contributed by atoms with Gasteiger partial charge in [-0.25, -0.2) is 0 Å². The first kappa shape index (κ1) is 17.7. The monoisotopic (exact) mass is 290 g/mol. The fourth-order valence-electron chi connectivity index (χ4n) is 2.39. The Labute approximate surface area is 129 Å². The maximum atomic E-state index is 11.7. The van der Waals surface area contributed by atoms with Gasteiger partial charge in [-0.1, -0.05) is 58.3 Å². The van der Waals surface area contributed by atoms with Gasteiger partial charge in [0.05, 0.1) is 0 Å². The van der Waals surface area contributed by atoms with E-state index in [0.29, 0.717) is 13.0 Å². The van der Waals surface area contributed by atoms with Crippen LogP contribution in [-0.4, -0.2) is 10.9 Å². The van der Waals surface area contributed by atoms with E-state index in [1.807, 2.05) is 12.1 Å². The van der Waals surface area contributed by atoms with Crippen molar-refractivity contribution in [2.45, 2.75) is 77.7 Å². The third-order valence-electron chi connectivity index (χ3n) is 3.75. The zero-order chi connectivity index (χ0) is 15.2. The molecule has 3 nitrogen and oxygen atoms in total. The van der Waals surface area contributed by atoms with Crippen molar-refractivity contribution in [1.29, 1.82) is 0 Å². The van der Waals surface area contributed by atoms with E-state index in [4.69, 9.17) is 0 Å². The second kappa shape index (κ2) is 12.4. The second-order valence-corrected chi connectivity index (χ2v) is 5.71. The van der Waals surface area contributed by atoms with Crippen LogP contribution in [0, 0.1) is 0 Å². The van der Waals surface area contributed by atoms with Gasteiger partial charge in [-0.15, -0.1) is 0 Å². The number of carbonyl (C=O) groups is 1. The topological polar surface area (TPSA) is 42.0 Å². The fraction of sp³-hybridized carbons (Fsp3) is 0.667. The number of hydrogen-bond acceptors (Lipinski definition) is 2. The molecule has 0 bridgehead atoms. The van der Waals surface area contributed by atoms with Gasteiger partial charge >= 0.3 is 0 Å². The van der Waals surface area contributed by atoms with Crippen LogP contribution in [0.3, 0.4) is 0 Å². The van der Waals surface area contributed by atoms with Crippen LogP contribution in [0.1, 0.15) is 76.7 Å². The van der Waals surface area contributed by atoms with Crippen LogP contribution in [0.5, 0.6) is 0 Å². The average molecular weight is 290 g/mol. The molecule has 1 aromatic rings. The molecule has 1 heterocycles. The van der Waals surface area contributed by atoms with Crippen molar-refractivity contribution in [2.75, 3.05) is 0 Å². The van der Waals surface area contributed by atoms with Crippen LogP contribution in [0.15, 0.2) is 24.5 Å².